The van der Waals surface area contributed by atoms with Crippen LogP contribution in [-0.2, 0) is 28.5 Å². The number of esters is 1. The molecule has 0 radical (unpaired) electrons. The Morgan fingerprint density at radius 2 is 1.88 bits per heavy atom. The van der Waals surface area contributed by atoms with Gasteiger partial charge < -0.3 is 23.7 Å². The Balaban J connectivity index is 1.46. The Morgan fingerprint density at radius 3 is 2.58 bits per heavy atom. The number of rotatable bonds is 9. The molecule has 1 saturated carbocycles. The van der Waals surface area contributed by atoms with E-state index in [1.807, 2.05) is 6.92 Å². The molecule has 3 heterocycles. The number of carbonyl (C=O) groups is 1. The Morgan fingerprint density at radius 1 is 1.12 bits per heavy atom. The topological polar surface area (TPSA) is 63.2 Å². The molecule has 4 fully saturated rings. The minimum absolute atomic E-state index is 0.000273. The first-order chi connectivity index (χ1) is 16.1. The van der Waals surface area contributed by atoms with Gasteiger partial charge >= 0.3 is 5.97 Å². The summed E-state index contributed by atoms with van der Waals surface area (Å²) in [5.74, 6) is 6.66. The molecular formula is C27H40O6. The Labute approximate surface area is 198 Å². The van der Waals surface area contributed by atoms with Gasteiger partial charge in [-0.05, 0) is 57.8 Å². The molecule has 0 bridgehead atoms. The van der Waals surface area contributed by atoms with E-state index in [1.54, 1.807) is 0 Å². The summed E-state index contributed by atoms with van der Waals surface area (Å²) in [4.78, 5) is 12.0. The van der Waals surface area contributed by atoms with Crippen LogP contribution in [-0.4, -0.2) is 50.1 Å². The summed E-state index contributed by atoms with van der Waals surface area (Å²) in [6.07, 6.45) is 13.4. The van der Waals surface area contributed by atoms with Crippen molar-refractivity contribution in [3.8, 4) is 11.8 Å². The highest BCUT2D eigenvalue weighted by Gasteiger charge is 2.50. The van der Waals surface area contributed by atoms with Crippen molar-refractivity contribution < 1.29 is 28.5 Å². The van der Waals surface area contributed by atoms with Crippen molar-refractivity contribution in [2.75, 3.05) is 13.2 Å². The zero-order valence-electron chi connectivity index (χ0n) is 20.2. The quantitative estimate of drug-likeness (QED) is 0.281. The van der Waals surface area contributed by atoms with Crippen molar-refractivity contribution >= 4 is 5.97 Å². The van der Waals surface area contributed by atoms with Crippen LogP contribution < -0.4 is 0 Å². The van der Waals surface area contributed by atoms with Gasteiger partial charge in [0.15, 0.2) is 12.6 Å². The summed E-state index contributed by atoms with van der Waals surface area (Å²) in [5, 5.41) is 0. The molecule has 0 N–H and O–H groups in total. The summed E-state index contributed by atoms with van der Waals surface area (Å²) >= 11 is 0. The molecule has 1 aliphatic carbocycles. The van der Waals surface area contributed by atoms with Gasteiger partial charge in [-0.15, -0.1) is 11.8 Å². The van der Waals surface area contributed by atoms with Gasteiger partial charge in [-0.25, -0.2) is 0 Å². The van der Waals surface area contributed by atoms with Gasteiger partial charge in [-0.2, -0.15) is 0 Å². The molecule has 33 heavy (non-hydrogen) atoms. The molecule has 8 atom stereocenters. The maximum absolute atomic E-state index is 12.0. The van der Waals surface area contributed by atoms with Crippen LogP contribution >= 0.6 is 0 Å². The fraction of sp³-hybridized carbons (Fsp3) is 0.815. The predicted molar refractivity (Wildman–Crippen MR) is 124 cm³/mol. The van der Waals surface area contributed by atoms with Gasteiger partial charge in [0, 0.05) is 37.9 Å². The normalized spacial score (nSPS) is 36.1. The number of ether oxygens (including phenoxy) is 5. The van der Waals surface area contributed by atoms with Crippen molar-refractivity contribution in [2.45, 2.75) is 109 Å². The molecule has 0 amide bonds. The van der Waals surface area contributed by atoms with E-state index < -0.39 is 0 Å². The van der Waals surface area contributed by atoms with E-state index in [9.17, 15) is 4.79 Å². The Kier molecular flexibility index (Phi) is 9.26. The highest BCUT2D eigenvalue weighted by Crippen LogP contribution is 2.44. The molecule has 3 aliphatic heterocycles. The van der Waals surface area contributed by atoms with Crippen LogP contribution in [0.25, 0.3) is 0 Å². The summed E-state index contributed by atoms with van der Waals surface area (Å²) in [6.45, 7) is 5.62. The van der Waals surface area contributed by atoms with E-state index >= 15 is 0 Å². The van der Waals surface area contributed by atoms with E-state index in [-0.39, 0.29) is 48.7 Å². The molecule has 0 aromatic carbocycles. The second kappa shape index (κ2) is 12.4. The summed E-state index contributed by atoms with van der Waals surface area (Å²) < 4.78 is 30.2. The smallest absolute Gasteiger partial charge is 0.306 e. The molecule has 4 rings (SSSR count). The van der Waals surface area contributed by atoms with Crippen molar-refractivity contribution in [1.29, 1.82) is 0 Å². The van der Waals surface area contributed by atoms with E-state index in [0.717, 1.165) is 71.0 Å². The SMILES string of the molecule is CC#CCC[C@H](C)[C@@H](/C=C/[C@@H]1[C@H]2CC(=O)O[C@H]2C[C@H]1OC1CCCCO1)O[C@H]1CCCCO1. The van der Waals surface area contributed by atoms with Gasteiger partial charge in [0.05, 0.1) is 18.6 Å². The maximum Gasteiger partial charge on any atom is 0.306 e. The number of hydrogen-bond donors (Lipinski definition) is 0. The number of fused-ring (bicyclic) bond motifs is 1. The summed E-state index contributed by atoms with van der Waals surface area (Å²) in [5.41, 5.74) is 0. The highest BCUT2D eigenvalue weighted by atomic mass is 16.7. The first kappa shape index (κ1) is 24.7. The molecule has 6 nitrogen and oxygen atoms in total. The molecule has 4 aliphatic rings. The molecule has 184 valence electrons. The Bertz CT molecular complexity index is 712. The van der Waals surface area contributed by atoms with Gasteiger partial charge in [-0.3, -0.25) is 4.79 Å². The van der Waals surface area contributed by atoms with Crippen LogP contribution in [0.2, 0.25) is 0 Å². The van der Waals surface area contributed by atoms with Crippen molar-refractivity contribution in [1.82, 2.24) is 0 Å². The van der Waals surface area contributed by atoms with E-state index in [1.165, 1.54) is 0 Å². The largest absolute Gasteiger partial charge is 0.462 e. The lowest BCUT2D eigenvalue weighted by Crippen LogP contribution is -2.32. The monoisotopic (exact) mass is 460 g/mol. The second-order valence-corrected chi connectivity index (χ2v) is 9.90. The highest BCUT2D eigenvalue weighted by molar-refractivity contribution is 5.72. The van der Waals surface area contributed by atoms with Crippen LogP contribution in [0.5, 0.6) is 0 Å². The molecule has 0 aromatic heterocycles. The van der Waals surface area contributed by atoms with Crippen molar-refractivity contribution in [3.05, 3.63) is 12.2 Å². The zero-order chi connectivity index (χ0) is 23.0. The van der Waals surface area contributed by atoms with Crippen molar-refractivity contribution in [2.24, 2.45) is 17.8 Å². The van der Waals surface area contributed by atoms with Gasteiger partial charge in [0.25, 0.3) is 0 Å². The standard InChI is InChI=1S/C27H40O6/c1-3-4-5-10-19(2)22(32-26-11-6-8-15-29-26)14-13-20-21-17-25(28)31-24(21)18-23(20)33-27-12-7-9-16-30-27/h13-14,19-24,26-27H,5-12,15-18H2,1-2H3/b14-13+/t19-,20+,21+,22+,23+,24-,26-,27?/m0/s1. The molecular weight excluding hydrogens is 420 g/mol. The summed E-state index contributed by atoms with van der Waals surface area (Å²) in [6, 6.07) is 0. The average molecular weight is 461 g/mol. The van der Waals surface area contributed by atoms with Gasteiger partial charge in [0.1, 0.15) is 6.10 Å². The Hall–Kier alpha value is -1.39. The number of hydrogen-bond acceptors (Lipinski definition) is 6. The third kappa shape index (κ3) is 6.82. The third-order valence-corrected chi connectivity index (χ3v) is 7.45. The van der Waals surface area contributed by atoms with Crippen molar-refractivity contribution in [3.63, 3.8) is 0 Å². The van der Waals surface area contributed by atoms with Gasteiger partial charge in [0.2, 0.25) is 0 Å². The molecule has 0 spiro atoms. The van der Waals surface area contributed by atoms with E-state index in [0.29, 0.717) is 12.3 Å². The first-order valence-electron chi connectivity index (χ1n) is 13.0. The molecule has 1 unspecified atom stereocenters. The van der Waals surface area contributed by atoms with E-state index in [4.69, 9.17) is 23.7 Å². The minimum Gasteiger partial charge on any atom is -0.462 e. The number of carbonyl (C=O) groups excluding carboxylic acids is 1. The predicted octanol–water partition coefficient (Wildman–Crippen LogP) is 4.76. The summed E-state index contributed by atoms with van der Waals surface area (Å²) in [7, 11) is 0. The zero-order valence-corrected chi connectivity index (χ0v) is 20.2. The van der Waals surface area contributed by atoms with Crippen LogP contribution in [0.1, 0.15) is 78.1 Å². The van der Waals surface area contributed by atoms with Crippen LogP contribution in [0.15, 0.2) is 12.2 Å². The van der Waals surface area contributed by atoms with Gasteiger partial charge in [-0.1, -0.05) is 19.1 Å². The van der Waals surface area contributed by atoms with Crippen LogP contribution in [0.4, 0.5) is 0 Å². The maximum atomic E-state index is 12.0. The fourth-order valence-corrected chi connectivity index (χ4v) is 5.51. The molecule has 6 heteroatoms. The molecule has 0 aromatic rings. The van der Waals surface area contributed by atoms with Crippen LogP contribution in [0.3, 0.4) is 0 Å². The second-order valence-electron chi connectivity index (χ2n) is 9.90. The van der Waals surface area contributed by atoms with Crippen LogP contribution in [0, 0.1) is 29.6 Å². The lowest BCUT2D eigenvalue weighted by Gasteiger charge is -2.31. The fourth-order valence-electron chi connectivity index (χ4n) is 5.51. The first-order valence-corrected chi connectivity index (χ1v) is 13.0. The third-order valence-electron chi connectivity index (χ3n) is 7.45. The van der Waals surface area contributed by atoms with E-state index in [2.05, 4.69) is 30.9 Å². The minimum atomic E-state index is -0.150. The lowest BCUT2D eigenvalue weighted by atomic mass is 9.90. The lowest BCUT2D eigenvalue weighted by molar-refractivity contribution is -0.194. The average Bonchev–Trinajstić information content (AvgIpc) is 3.33. The molecule has 3 saturated heterocycles.